The van der Waals surface area contributed by atoms with Crippen LogP contribution in [0, 0.1) is 0 Å². The second kappa shape index (κ2) is 4.42. The van der Waals surface area contributed by atoms with E-state index in [-0.39, 0.29) is 6.15 Å². The van der Waals surface area contributed by atoms with Crippen molar-refractivity contribution in [3.63, 3.8) is 0 Å². The molecular formula is H5NO2S2. The molecule has 0 aliphatic carbocycles. The van der Waals surface area contributed by atoms with E-state index in [2.05, 4.69) is 11.7 Å². The molecule has 0 radical (unpaired) electrons. The quantitative estimate of drug-likeness (QED) is 0.240. The summed E-state index contributed by atoms with van der Waals surface area (Å²) in [4.78, 5) is 0. The summed E-state index contributed by atoms with van der Waals surface area (Å²) in [5, 5.41) is 0. The Hall–Kier alpha value is 0.420. The molecule has 0 aromatic rings. The molecule has 0 saturated heterocycles. The summed E-state index contributed by atoms with van der Waals surface area (Å²) in [6.45, 7) is 0. The van der Waals surface area contributed by atoms with Gasteiger partial charge in [-0.05, 0) is 11.7 Å². The highest BCUT2D eigenvalue weighted by Gasteiger charge is 1.61. The molecule has 1 atom stereocenters. The molecule has 0 spiro atoms. The number of hydrogen-bond donors (Lipinski definition) is 3. The van der Waals surface area contributed by atoms with Crippen molar-refractivity contribution in [2.75, 3.05) is 0 Å². The van der Waals surface area contributed by atoms with Gasteiger partial charge < -0.3 is 6.15 Å². The van der Waals surface area contributed by atoms with Crippen LogP contribution in [0.25, 0.3) is 0 Å². The SMILES string of the molecule is N.O=S(O)S. The fraction of sp³-hybridized carbons (Fsp3) is 0. The van der Waals surface area contributed by atoms with E-state index in [9.17, 15) is 0 Å². The minimum atomic E-state index is -1.92. The summed E-state index contributed by atoms with van der Waals surface area (Å²) in [6, 6.07) is 0. The Kier molecular flexibility index (Phi) is 8.00. The van der Waals surface area contributed by atoms with Crippen molar-refractivity contribution in [1.29, 1.82) is 0 Å². The van der Waals surface area contributed by atoms with Gasteiger partial charge in [0.25, 0.3) is 0 Å². The molecular weight excluding hydrogens is 110 g/mol. The summed E-state index contributed by atoms with van der Waals surface area (Å²) >= 11 is 2.99. The molecule has 5 heavy (non-hydrogen) atoms. The summed E-state index contributed by atoms with van der Waals surface area (Å²) in [5.74, 6) is 0. The second-order valence-corrected chi connectivity index (χ2v) is 1.63. The highest BCUT2D eigenvalue weighted by atomic mass is 33.1. The molecule has 3 nitrogen and oxygen atoms in total. The topological polar surface area (TPSA) is 72.3 Å². The largest absolute Gasteiger partial charge is 0.344 e. The van der Waals surface area contributed by atoms with E-state index in [0.717, 1.165) is 0 Å². The lowest BCUT2D eigenvalue weighted by molar-refractivity contribution is 0.581. The first-order valence-electron chi connectivity index (χ1n) is 0.532. The van der Waals surface area contributed by atoms with Crippen molar-refractivity contribution in [1.82, 2.24) is 6.15 Å². The van der Waals surface area contributed by atoms with Crippen LogP contribution >= 0.6 is 11.7 Å². The molecule has 0 rings (SSSR count). The number of rotatable bonds is 0. The van der Waals surface area contributed by atoms with Crippen LogP contribution in [0.1, 0.15) is 0 Å². The third-order valence-electron chi connectivity index (χ3n) is 0. The van der Waals surface area contributed by atoms with E-state index in [1.807, 2.05) is 0 Å². The van der Waals surface area contributed by atoms with Crippen LogP contribution in [0.15, 0.2) is 0 Å². The Morgan fingerprint density at radius 3 is 1.80 bits per heavy atom. The van der Waals surface area contributed by atoms with Crippen molar-refractivity contribution in [2.24, 2.45) is 0 Å². The van der Waals surface area contributed by atoms with Gasteiger partial charge in [0, 0.05) is 0 Å². The van der Waals surface area contributed by atoms with Crippen LogP contribution in [-0.2, 0) is 10.1 Å². The highest BCUT2D eigenvalue weighted by molar-refractivity contribution is 8.57. The van der Waals surface area contributed by atoms with Crippen LogP contribution in [0.3, 0.4) is 0 Å². The Bertz CT molecular complexity index is 30.6. The number of thiol groups is 1. The van der Waals surface area contributed by atoms with Gasteiger partial charge in [-0.1, -0.05) is 0 Å². The molecule has 0 heterocycles. The summed E-state index contributed by atoms with van der Waals surface area (Å²) in [5.41, 5.74) is 0. The van der Waals surface area contributed by atoms with Gasteiger partial charge in [0.2, 0.25) is 10.1 Å². The molecule has 0 aromatic heterocycles. The molecule has 0 bridgehead atoms. The molecule has 0 aliphatic rings. The lowest BCUT2D eigenvalue weighted by Gasteiger charge is -1.58. The van der Waals surface area contributed by atoms with Gasteiger partial charge in [-0.2, -0.15) is 0 Å². The smallest absolute Gasteiger partial charge is 0.213 e. The van der Waals surface area contributed by atoms with Gasteiger partial charge in [-0.3, -0.25) is 4.55 Å². The Balaban J connectivity index is 0. The van der Waals surface area contributed by atoms with Crippen molar-refractivity contribution in [2.45, 2.75) is 0 Å². The van der Waals surface area contributed by atoms with E-state index in [4.69, 9.17) is 8.76 Å². The van der Waals surface area contributed by atoms with E-state index >= 15 is 0 Å². The average molecular weight is 115 g/mol. The van der Waals surface area contributed by atoms with Crippen LogP contribution in [0.2, 0.25) is 0 Å². The van der Waals surface area contributed by atoms with Gasteiger partial charge in [-0.25, -0.2) is 4.21 Å². The maximum absolute atomic E-state index is 8.98. The van der Waals surface area contributed by atoms with E-state index in [1.54, 1.807) is 0 Å². The van der Waals surface area contributed by atoms with Crippen LogP contribution in [0.5, 0.6) is 0 Å². The molecule has 1 unspecified atom stereocenters. The van der Waals surface area contributed by atoms with E-state index < -0.39 is 10.1 Å². The van der Waals surface area contributed by atoms with Crippen molar-refractivity contribution in [3.05, 3.63) is 0 Å². The first kappa shape index (κ1) is 9.05. The zero-order valence-corrected chi connectivity index (χ0v) is 4.13. The normalized spacial score (nSPS) is 12.4. The average Bonchev–Trinajstić information content (AvgIpc) is 0.811. The van der Waals surface area contributed by atoms with Gasteiger partial charge in [0.15, 0.2) is 0 Å². The molecule has 5 heteroatoms. The maximum Gasteiger partial charge on any atom is 0.213 e. The molecule has 0 aliphatic heterocycles. The van der Waals surface area contributed by atoms with Gasteiger partial charge in [0.1, 0.15) is 0 Å². The Labute approximate surface area is 37.4 Å². The molecule has 0 aromatic carbocycles. The van der Waals surface area contributed by atoms with Crippen LogP contribution in [-0.4, -0.2) is 8.76 Å². The maximum atomic E-state index is 8.98. The molecule has 4 N–H and O–H groups in total. The summed E-state index contributed by atoms with van der Waals surface area (Å²) in [6.07, 6.45) is 0. The van der Waals surface area contributed by atoms with Crippen molar-refractivity contribution >= 4 is 21.8 Å². The summed E-state index contributed by atoms with van der Waals surface area (Å²) in [7, 11) is -1.92. The summed E-state index contributed by atoms with van der Waals surface area (Å²) < 4.78 is 16.4. The van der Waals surface area contributed by atoms with Gasteiger partial charge in [-0.15, -0.1) is 0 Å². The lowest BCUT2D eigenvalue weighted by atomic mass is 14.0. The first-order valence-corrected chi connectivity index (χ1v) is 2.69. The minimum absolute atomic E-state index is 0. The molecule has 0 fully saturated rings. The third kappa shape index (κ3) is 147. The van der Waals surface area contributed by atoms with E-state index in [0.29, 0.717) is 0 Å². The third-order valence-corrected chi connectivity index (χ3v) is 0. The van der Waals surface area contributed by atoms with Crippen molar-refractivity contribution < 1.29 is 8.76 Å². The first-order chi connectivity index (χ1) is 1.73. The molecule has 0 amide bonds. The molecule has 34 valence electrons. The Morgan fingerprint density at radius 2 is 1.80 bits per heavy atom. The lowest BCUT2D eigenvalue weighted by Crippen LogP contribution is -1.60. The second-order valence-electron chi connectivity index (χ2n) is 0.231. The monoisotopic (exact) mass is 115 g/mol. The molecule has 0 saturated carbocycles. The van der Waals surface area contributed by atoms with Gasteiger partial charge >= 0.3 is 0 Å². The van der Waals surface area contributed by atoms with Crippen LogP contribution in [0.4, 0.5) is 0 Å². The van der Waals surface area contributed by atoms with Gasteiger partial charge in [0.05, 0.1) is 0 Å². The van der Waals surface area contributed by atoms with Crippen LogP contribution < -0.4 is 6.15 Å². The van der Waals surface area contributed by atoms with Crippen molar-refractivity contribution in [3.8, 4) is 0 Å². The van der Waals surface area contributed by atoms with E-state index in [1.165, 1.54) is 0 Å². The highest BCUT2D eigenvalue weighted by Crippen LogP contribution is 1.70. The predicted octanol–water partition coefficient (Wildman–Crippen LogP) is 0.215. The Morgan fingerprint density at radius 1 is 1.80 bits per heavy atom. The number of hydrogen-bond acceptors (Lipinski definition) is 2. The zero-order chi connectivity index (χ0) is 3.58. The zero-order valence-electron chi connectivity index (χ0n) is 2.42. The standard InChI is InChI=1S/H3N.H2O2S2/c;1-4(2)3/h1H3;(H2,1,2,3). The fourth-order valence-electron chi connectivity index (χ4n) is 0. The predicted molar refractivity (Wildman–Crippen MR) is 24.8 cm³/mol. The fourth-order valence-corrected chi connectivity index (χ4v) is 0. The minimum Gasteiger partial charge on any atom is -0.344 e.